The molecule has 0 amide bonds. The van der Waals surface area contributed by atoms with Gasteiger partial charge in [-0.05, 0) is 55.9 Å². The summed E-state index contributed by atoms with van der Waals surface area (Å²) in [5.74, 6) is 0.729. The van der Waals surface area contributed by atoms with E-state index < -0.39 is 0 Å². The Morgan fingerprint density at radius 2 is 2.00 bits per heavy atom. The van der Waals surface area contributed by atoms with E-state index in [1.54, 1.807) is 17.8 Å². The molecule has 0 atom stereocenters. The number of hydrogen-bond donors (Lipinski definition) is 1. The highest BCUT2D eigenvalue weighted by Gasteiger charge is 2.16. The van der Waals surface area contributed by atoms with Gasteiger partial charge in [0.05, 0.1) is 5.39 Å². The van der Waals surface area contributed by atoms with E-state index in [1.165, 1.54) is 50.9 Å². The first-order valence-corrected chi connectivity index (χ1v) is 9.50. The van der Waals surface area contributed by atoms with Gasteiger partial charge in [0, 0.05) is 17.4 Å². The second-order valence-corrected chi connectivity index (χ2v) is 7.36. The molecule has 1 aliphatic heterocycles. The highest BCUT2D eigenvalue weighted by molar-refractivity contribution is 7.99. The number of H-pyrrole nitrogens is 2. The first kappa shape index (κ1) is 15.8. The Labute approximate surface area is 144 Å². The van der Waals surface area contributed by atoms with Gasteiger partial charge in [0.1, 0.15) is 11.3 Å². The van der Waals surface area contributed by atoms with Crippen LogP contribution in [0.1, 0.15) is 25.7 Å². The minimum Gasteiger partial charge on any atom is -0.303 e. The summed E-state index contributed by atoms with van der Waals surface area (Å²) in [7, 11) is 0. The number of rotatable bonds is 4. The van der Waals surface area contributed by atoms with Gasteiger partial charge in [0.2, 0.25) is 0 Å². The van der Waals surface area contributed by atoms with Gasteiger partial charge in [-0.1, -0.05) is 17.9 Å². The zero-order valence-corrected chi connectivity index (χ0v) is 14.3. The largest absolute Gasteiger partial charge is 0.321 e. The molecule has 5 nitrogen and oxygen atoms in total. The van der Waals surface area contributed by atoms with Gasteiger partial charge >= 0.3 is 5.16 Å². The average Bonchev–Trinajstić information content (AvgIpc) is 2.75. The smallest absolute Gasteiger partial charge is 0.303 e. The van der Waals surface area contributed by atoms with Crippen molar-refractivity contribution in [3.8, 4) is 0 Å². The fraction of sp³-hybridized carbons (Fsp3) is 0.471. The van der Waals surface area contributed by atoms with Gasteiger partial charge in [0.25, 0.3) is 5.65 Å². The van der Waals surface area contributed by atoms with E-state index in [4.69, 9.17) is 0 Å². The van der Waals surface area contributed by atoms with Crippen molar-refractivity contribution in [1.29, 1.82) is 0 Å². The van der Waals surface area contributed by atoms with E-state index in [-0.39, 0.29) is 5.82 Å². The molecule has 126 valence electrons. The molecular formula is C17H21FN5S+. The lowest BCUT2D eigenvalue weighted by molar-refractivity contribution is -0.406. The molecule has 2 aromatic heterocycles. The van der Waals surface area contributed by atoms with E-state index in [0.29, 0.717) is 5.52 Å². The van der Waals surface area contributed by atoms with E-state index in [9.17, 15) is 4.39 Å². The number of hydrogen-bond acceptors (Lipinski definition) is 4. The molecule has 4 rings (SSSR count). The summed E-state index contributed by atoms with van der Waals surface area (Å²) in [6.07, 6.45) is 5.35. The predicted octanol–water partition coefficient (Wildman–Crippen LogP) is 3.03. The topological polar surface area (TPSA) is 59.0 Å². The number of halogens is 1. The molecule has 2 N–H and O–H groups in total. The Bertz CT molecular complexity index is 841. The first-order valence-electron chi connectivity index (χ1n) is 8.52. The molecule has 24 heavy (non-hydrogen) atoms. The molecule has 3 heterocycles. The normalized spacial score (nSPS) is 16.7. The second kappa shape index (κ2) is 7.03. The highest BCUT2D eigenvalue weighted by atomic mass is 32.2. The lowest BCUT2D eigenvalue weighted by atomic mass is 10.2. The number of nitrogens with one attached hydrogen (secondary N) is 2. The first-order chi connectivity index (χ1) is 11.8. The fourth-order valence-corrected chi connectivity index (χ4v) is 4.08. The molecule has 0 saturated carbocycles. The SMILES string of the molecule is Fc1ccc2[nH]c3[nH+]c(SCCN4CCCCCC4)nnc3c2c1. The summed E-state index contributed by atoms with van der Waals surface area (Å²) in [5, 5.41) is 10.1. The minimum absolute atomic E-state index is 0.263. The van der Waals surface area contributed by atoms with Crippen LogP contribution in [0.3, 0.4) is 0 Å². The molecule has 1 fully saturated rings. The molecule has 1 aromatic carbocycles. The third-order valence-electron chi connectivity index (χ3n) is 4.55. The van der Waals surface area contributed by atoms with Crippen molar-refractivity contribution in [2.45, 2.75) is 30.8 Å². The lowest BCUT2D eigenvalue weighted by Crippen LogP contribution is -2.27. The summed E-state index contributed by atoms with van der Waals surface area (Å²) < 4.78 is 13.4. The van der Waals surface area contributed by atoms with Crippen LogP contribution in [0.25, 0.3) is 22.1 Å². The molecule has 0 spiro atoms. The third kappa shape index (κ3) is 3.37. The summed E-state index contributed by atoms with van der Waals surface area (Å²) in [5.41, 5.74) is 2.34. The third-order valence-corrected chi connectivity index (χ3v) is 5.39. The van der Waals surface area contributed by atoms with Crippen LogP contribution in [0, 0.1) is 5.82 Å². The van der Waals surface area contributed by atoms with Crippen molar-refractivity contribution in [2.75, 3.05) is 25.4 Å². The molecule has 1 aliphatic rings. The fourth-order valence-electron chi connectivity index (χ4n) is 3.27. The number of aromatic nitrogens is 4. The lowest BCUT2D eigenvalue weighted by Gasteiger charge is -2.18. The molecule has 7 heteroatoms. The number of fused-ring (bicyclic) bond motifs is 3. The van der Waals surface area contributed by atoms with Crippen LogP contribution in [-0.4, -0.2) is 45.5 Å². The van der Waals surface area contributed by atoms with Crippen LogP contribution in [0.2, 0.25) is 0 Å². The Morgan fingerprint density at radius 1 is 1.17 bits per heavy atom. The zero-order chi connectivity index (χ0) is 16.4. The van der Waals surface area contributed by atoms with Crippen LogP contribution in [0.5, 0.6) is 0 Å². The van der Waals surface area contributed by atoms with E-state index in [0.717, 1.165) is 34.0 Å². The maximum atomic E-state index is 13.4. The van der Waals surface area contributed by atoms with Crippen molar-refractivity contribution < 1.29 is 9.37 Å². The number of benzene rings is 1. The Kier molecular flexibility index (Phi) is 4.62. The van der Waals surface area contributed by atoms with Crippen molar-refractivity contribution in [1.82, 2.24) is 20.1 Å². The van der Waals surface area contributed by atoms with Crippen molar-refractivity contribution in [3.05, 3.63) is 24.0 Å². The maximum absolute atomic E-state index is 13.4. The summed E-state index contributed by atoms with van der Waals surface area (Å²) in [6, 6.07) is 4.66. The zero-order valence-electron chi connectivity index (χ0n) is 13.5. The van der Waals surface area contributed by atoms with E-state index in [1.807, 2.05) is 0 Å². The van der Waals surface area contributed by atoms with Crippen LogP contribution in [-0.2, 0) is 0 Å². The molecule has 0 radical (unpaired) electrons. The van der Waals surface area contributed by atoms with Gasteiger partial charge in [0.15, 0.2) is 5.52 Å². The highest BCUT2D eigenvalue weighted by Crippen LogP contribution is 2.22. The molecular weight excluding hydrogens is 325 g/mol. The number of nitrogens with zero attached hydrogens (tertiary/aromatic N) is 3. The summed E-state index contributed by atoms with van der Waals surface area (Å²) >= 11 is 1.68. The average molecular weight is 346 g/mol. The molecule has 0 aliphatic carbocycles. The number of likely N-dealkylation sites (tertiary alicyclic amines) is 1. The van der Waals surface area contributed by atoms with Crippen LogP contribution >= 0.6 is 11.8 Å². The molecule has 1 saturated heterocycles. The minimum atomic E-state index is -0.263. The van der Waals surface area contributed by atoms with E-state index >= 15 is 0 Å². The number of thioether (sulfide) groups is 1. The van der Waals surface area contributed by atoms with Crippen LogP contribution in [0.4, 0.5) is 4.39 Å². The Balaban J connectivity index is 1.45. The van der Waals surface area contributed by atoms with Crippen molar-refractivity contribution >= 4 is 33.8 Å². The molecule has 0 bridgehead atoms. The maximum Gasteiger partial charge on any atom is 0.321 e. The van der Waals surface area contributed by atoms with Gasteiger partial charge in [-0.3, -0.25) is 4.98 Å². The Morgan fingerprint density at radius 3 is 2.83 bits per heavy atom. The predicted molar refractivity (Wildman–Crippen MR) is 93.5 cm³/mol. The van der Waals surface area contributed by atoms with Crippen LogP contribution in [0.15, 0.2) is 23.4 Å². The molecule has 0 unspecified atom stereocenters. The van der Waals surface area contributed by atoms with Gasteiger partial charge in [-0.2, -0.15) is 0 Å². The van der Waals surface area contributed by atoms with Gasteiger partial charge in [-0.15, -0.1) is 0 Å². The molecule has 3 aromatic rings. The second-order valence-electron chi connectivity index (χ2n) is 6.27. The van der Waals surface area contributed by atoms with Crippen molar-refractivity contribution in [3.63, 3.8) is 0 Å². The Hall–Kier alpha value is -1.73. The standard InChI is InChI=1S/C17H20FN5S/c18-12-5-6-14-13(11-12)15-16(19-14)20-17(22-21-15)24-10-9-23-7-3-1-2-4-8-23/h5-6,11H,1-4,7-10H2,(H,19,20,22)/p+1. The quantitative estimate of drug-likeness (QED) is 0.738. The van der Waals surface area contributed by atoms with Crippen molar-refractivity contribution in [2.24, 2.45) is 0 Å². The summed E-state index contributed by atoms with van der Waals surface area (Å²) in [6.45, 7) is 3.50. The van der Waals surface area contributed by atoms with E-state index in [2.05, 4.69) is 25.1 Å². The number of aromatic amines is 2. The van der Waals surface area contributed by atoms with Crippen LogP contribution < -0.4 is 4.98 Å². The van der Waals surface area contributed by atoms with Gasteiger partial charge in [-0.25, -0.2) is 9.37 Å². The monoisotopic (exact) mass is 346 g/mol. The summed E-state index contributed by atoms with van der Waals surface area (Å²) in [4.78, 5) is 9.06. The van der Waals surface area contributed by atoms with Gasteiger partial charge < -0.3 is 4.90 Å².